The van der Waals surface area contributed by atoms with Crippen LogP contribution in [0.25, 0.3) is 0 Å². The number of nitrogens with one attached hydrogen (secondary N) is 1. The second-order valence-corrected chi connectivity index (χ2v) is 6.45. The van der Waals surface area contributed by atoms with Crippen LogP contribution in [0.2, 0.25) is 5.02 Å². The summed E-state index contributed by atoms with van der Waals surface area (Å²) in [5.74, 6) is 0.574. The van der Waals surface area contributed by atoms with Crippen molar-refractivity contribution < 1.29 is 9.13 Å². The molecule has 0 heterocycles. The first-order chi connectivity index (χ1) is 11.3. The smallest absolute Gasteiger partial charge is 0.193 e. The molecule has 0 atom stereocenters. The molecule has 0 amide bonds. The number of hydrogen-bond donors (Lipinski definition) is 2. The van der Waals surface area contributed by atoms with Crippen LogP contribution < -0.4 is 15.8 Å². The first-order valence-electron chi connectivity index (χ1n) is 7.49. The molecule has 0 saturated heterocycles. The predicted octanol–water partition coefficient (Wildman–Crippen LogP) is 4.81. The molecule has 0 aliphatic carbocycles. The number of halogens is 3. The number of aliphatic imine (C=N–C) groups is 1. The van der Waals surface area contributed by atoms with E-state index in [0.29, 0.717) is 28.6 Å². The highest BCUT2D eigenvalue weighted by Crippen LogP contribution is 2.28. The molecular formula is C18H22ClFIN3O. The van der Waals surface area contributed by atoms with Crippen molar-refractivity contribution in [2.75, 3.05) is 19.0 Å². The van der Waals surface area contributed by atoms with Crippen molar-refractivity contribution in [2.24, 2.45) is 10.7 Å². The van der Waals surface area contributed by atoms with Crippen LogP contribution in [-0.2, 0) is 5.41 Å². The van der Waals surface area contributed by atoms with Crippen LogP contribution >= 0.6 is 35.6 Å². The minimum absolute atomic E-state index is 0. The monoisotopic (exact) mass is 477 g/mol. The van der Waals surface area contributed by atoms with Gasteiger partial charge in [0.25, 0.3) is 0 Å². The summed E-state index contributed by atoms with van der Waals surface area (Å²) >= 11 is 6.07. The van der Waals surface area contributed by atoms with Crippen LogP contribution in [-0.4, -0.2) is 19.6 Å². The van der Waals surface area contributed by atoms with Crippen LogP contribution in [0.5, 0.6) is 5.75 Å². The summed E-state index contributed by atoms with van der Waals surface area (Å²) < 4.78 is 19.1. The Hall–Kier alpha value is -1.54. The molecule has 0 unspecified atom stereocenters. The van der Waals surface area contributed by atoms with E-state index >= 15 is 0 Å². The van der Waals surface area contributed by atoms with Crippen LogP contribution in [0, 0.1) is 5.82 Å². The summed E-state index contributed by atoms with van der Waals surface area (Å²) in [6, 6.07) is 11.9. The van der Waals surface area contributed by atoms with Gasteiger partial charge in [-0.2, -0.15) is 0 Å². The van der Waals surface area contributed by atoms with Gasteiger partial charge in [-0.25, -0.2) is 4.39 Å². The van der Waals surface area contributed by atoms with Gasteiger partial charge in [0.15, 0.2) is 5.96 Å². The number of rotatable bonds is 5. The maximum Gasteiger partial charge on any atom is 0.193 e. The molecule has 0 bridgehead atoms. The lowest BCUT2D eigenvalue weighted by atomic mass is 9.84. The van der Waals surface area contributed by atoms with E-state index in [1.807, 2.05) is 19.9 Å². The lowest BCUT2D eigenvalue weighted by molar-refractivity contribution is 0.415. The van der Waals surface area contributed by atoms with Crippen LogP contribution in [0.3, 0.4) is 0 Å². The molecule has 136 valence electrons. The third-order valence-corrected chi connectivity index (χ3v) is 3.97. The van der Waals surface area contributed by atoms with Crippen molar-refractivity contribution in [3.8, 4) is 5.75 Å². The molecule has 0 radical (unpaired) electrons. The van der Waals surface area contributed by atoms with Gasteiger partial charge in [-0.1, -0.05) is 43.6 Å². The molecule has 0 fully saturated rings. The Bertz CT molecular complexity index is 753. The molecule has 2 aromatic carbocycles. The summed E-state index contributed by atoms with van der Waals surface area (Å²) in [4.78, 5) is 4.32. The Morgan fingerprint density at radius 1 is 1.28 bits per heavy atom. The maximum atomic E-state index is 14.0. The number of nitrogens with two attached hydrogens (primary N) is 1. The molecule has 0 saturated carbocycles. The van der Waals surface area contributed by atoms with Gasteiger partial charge in [-0.3, -0.25) is 4.99 Å². The summed E-state index contributed by atoms with van der Waals surface area (Å²) in [5, 5.41) is 3.44. The van der Waals surface area contributed by atoms with Gasteiger partial charge in [-0.05, 0) is 29.8 Å². The fourth-order valence-corrected chi connectivity index (χ4v) is 2.57. The van der Waals surface area contributed by atoms with E-state index in [2.05, 4.69) is 10.3 Å². The van der Waals surface area contributed by atoms with Gasteiger partial charge < -0.3 is 15.8 Å². The molecule has 0 aromatic heterocycles. The topological polar surface area (TPSA) is 59.6 Å². The van der Waals surface area contributed by atoms with Crippen molar-refractivity contribution in [1.82, 2.24) is 0 Å². The SMILES string of the molecule is COc1ccc(NC(N)=NCC(C)(C)c2ccccc2F)cc1Cl.I. The quantitative estimate of drug-likeness (QED) is 0.369. The van der Waals surface area contributed by atoms with Crippen molar-refractivity contribution in [3.63, 3.8) is 0 Å². The minimum atomic E-state index is -0.477. The standard InChI is InChI=1S/C18H21ClFN3O.HI/c1-18(2,13-6-4-5-7-15(13)20)11-22-17(21)23-12-8-9-16(24-3)14(19)10-12;/h4-10H,11H2,1-3H3,(H3,21,22,23);1H. The Morgan fingerprint density at radius 2 is 1.96 bits per heavy atom. The number of hydrogen-bond acceptors (Lipinski definition) is 2. The van der Waals surface area contributed by atoms with Gasteiger partial charge in [0.2, 0.25) is 0 Å². The second-order valence-electron chi connectivity index (χ2n) is 6.04. The summed E-state index contributed by atoms with van der Waals surface area (Å²) in [6.45, 7) is 4.19. The van der Waals surface area contributed by atoms with Gasteiger partial charge in [0.1, 0.15) is 11.6 Å². The average Bonchev–Trinajstić information content (AvgIpc) is 2.53. The van der Waals surface area contributed by atoms with Gasteiger partial charge in [0.05, 0.1) is 18.7 Å². The van der Waals surface area contributed by atoms with E-state index in [9.17, 15) is 4.39 Å². The number of anilines is 1. The average molecular weight is 478 g/mol. The lowest BCUT2D eigenvalue weighted by Crippen LogP contribution is -2.28. The largest absolute Gasteiger partial charge is 0.495 e. The fourth-order valence-electron chi connectivity index (χ4n) is 2.31. The van der Waals surface area contributed by atoms with E-state index in [4.69, 9.17) is 22.1 Å². The highest BCUT2D eigenvalue weighted by Gasteiger charge is 2.23. The van der Waals surface area contributed by atoms with Crippen LogP contribution in [0.15, 0.2) is 47.5 Å². The fraction of sp³-hybridized carbons (Fsp3) is 0.278. The molecule has 25 heavy (non-hydrogen) atoms. The van der Waals surface area contributed by atoms with E-state index in [1.165, 1.54) is 6.07 Å². The Balaban J connectivity index is 0.00000312. The van der Waals surface area contributed by atoms with Gasteiger partial charge in [0, 0.05) is 11.1 Å². The van der Waals surface area contributed by atoms with Gasteiger partial charge >= 0.3 is 0 Å². The molecule has 2 aromatic rings. The van der Waals surface area contributed by atoms with E-state index in [-0.39, 0.29) is 35.8 Å². The maximum absolute atomic E-state index is 14.0. The number of ether oxygens (including phenoxy) is 1. The molecular weight excluding hydrogens is 456 g/mol. The molecule has 0 aliphatic rings. The summed E-state index contributed by atoms with van der Waals surface area (Å²) in [5.41, 5.74) is 6.75. The summed E-state index contributed by atoms with van der Waals surface area (Å²) in [6.07, 6.45) is 0. The van der Waals surface area contributed by atoms with Crippen molar-refractivity contribution in [1.29, 1.82) is 0 Å². The Morgan fingerprint density at radius 3 is 2.56 bits per heavy atom. The zero-order valence-corrected chi connectivity index (χ0v) is 17.4. The zero-order valence-electron chi connectivity index (χ0n) is 14.3. The van der Waals surface area contributed by atoms with E-state index < -0.39 is 5.41 Å². The lowest BCUT2D eigenvalue weighted by Gasteiger charge is -2.23. The first-order valence-corrected chi connectivity index (χ1v) is 7.87. The number of nitrogens with zero attached hydrogens (tertiary/aromatic N) is 1. The number of guanidine groups is 1. The van der Waals surface area contributed by atoms with E-state index in [0.717, 1.165) is 0 Å². The van der Waals surface area contributed by atoms with Gasteiger partial charge in [-0.15, -0.1) is 24.0 Å². The minimum Gasteiger partial charge on any atom is -0.495 e. The first kappa shape index (κ1) is 21.5. The molecule has 3 N–H and O–H groups in total. The third kappa shape index (κ3) is 5.74. The predicted molar refractivity (Wildman–Crippen MR) is 113 cm³/mol. The molecule has 7 heteroatoms. The highest BCUT2D eigenvalue weighted by atomic mass is 127. The third-order valence-electron chi connectivity index (χ3n) is 3.67. The van der Waals surface area contributed by atoms with Crippen molar-refractivity contribution >= 4 is 47.2 Å². The van der Waals surface area contributed by atoms with Crippen molar-refractivity contribution in [3.05, 3.63) is 58.9 Å². The molecule has 4 nitrogen and oxygen atoms in total. The molecule has 0 aliphatic heterocycles. The van der Waals surface area contributed by atoms with E-state index in [1.54, 1.807) is 37.4 Å². The summed E-state index contributed by atoms with van der Waals surface area (Å²) in [7, 11) is 1.55. The Labute approximate surface area is 169 Å². The van der Waals surface area contributed by atoms with Crippen molar-refractivity contribution in [2.45, 2.75) is 19.3 Å². The van der Waals surface area contributed by atoms with Crippen LogP contribution in [0.1, 0.15) is 19.4 Å². The second kappa shape index (κ2) is 9.24. The highest BCUT2D eigenvalue weighted by molar-refractivity contribution is 14.0. The number of methoxy groups -OCH3 is 1. The molecule has 0 spiro atoms. The number of benzene rings is 2. The Kier molecular flexibility index (Phi) is 7.95. The zero-order chi connectivity index (χ0) is 17.7. The van der Waals surface area contributed by atoms with Crippen LogP contribution in [0.4, 0.5) is 10.1 Å². The molecule has 2 rings (SSSR count). The normalized spacial score (nSPS) is 11.6.